The standard InChI is InChI=1S/C24H27F2N7O/c25-20-7-14-5-17(6-15(14)8-21(20)26)30-23-27-9-16(10-28-23)22-11-29-24(31-22)32-3-1-18(2-4-32)33-12-19(34)13-33/h7-11,17-19,34H,1-6,12-13H2,(H,29,31)(H,27,28,30). The van der Waals surface area contributed by atoms with Gasteiger partial charge in [0.15, 0.2) is 11.6 Å². The molecule has 3 aromatic rings. The van der Waals surface area contributed by atoms with Crippen molar-refractivity contribution >= 4 is 11.9 Å². The van der Waals surface area contributed by atoms with Gasteiger partial charge >= 0.3 is 0 Å². The summed E-state index contributed by atoms with van der Waals surface area (Å²) in [6, 6.07) is 3.12. The summed E-state index contributed by atoms with van der Waals surface area (Å²) in [5.41, 5.74) is 3.34. The highest BCUT2D eigenvalue weighted by Gasteiger charge is 2.33. The zero-order valence-electron chi connectivity index (χ0n) is 18.7. The first-order valence-corrected chi connectivity index (χ1v) is 11.8. The molecule has 10 heteroatoms. The van der Waals surface area contributed by atoms with Crippen LogP contribution in [0.5, 0.6) is 0 Å². The Balaban J connectivity index is 1.05. The number of imidazole rings is 1. The summed E-state index contributed by atoms with van der Waals surface area (Å²) in [4.78, 5) is 21.4. The van der Waals surface area contributed by atoms with Crippen LogP contribution in [0.4, 0.5) is 20.7 Å². The Morgan fingerprint density at radius 3 is 2.21 bits per heavy atom. The summed E-state index contributed by atoms with van der Waals surface area (Å²) >= 11 is 0. The quantitative estimate of drug-likeness (QED) is 0.531. The summed E-state index contributed by atoms with van der Waals surface area (Å²) in [5, 5.41) is 12.8. The molecule has 34 heavy (non-hydrogen) atoms. The van der Waals surface area contributed by atoms with E-state index in [0.717, 1.165) is 67.4 Å². The highest BCUT2D eigenvalue weighted by molar-refractivity contribution is 5.59. The second-order valence-electron chi connectivity index (χ2n) is 9.53. The molecule has 1 aliphatic carbocycles. The molecule has 0 radical (unpaired) electrons. The van der Waals surface area contributed by atoms with Crippen molar-refractivity contribution < 1.29 is 13.9 Å². The fourth-order valence-corrected chi connectivity index (χ4v) is 5.29. The largest absolute Gasteiger partial charge is 0.390 e. The number of aromatic amines is 1. The summed E-state index contributed by atoms with van der Waals surface area (Å²) in [6.07, 6.45) is 8.49. The second-order valence-corrected chi connectivity index (χ2v) is 9.53. The third kappa shape index (κ3) is 4.12. The zero-order valence-corrected chi connectivity index (χ0v) is 18.7. The number of fused-ring (bicyclic) bond motifs is 1. The van der Waals surface area contributed by atoms with Crippen molar-refractivity contribution in [1.82, 2.24) is 24.8 Å². The fourth-order valence-electron chi connectivity index (χ4n) is 5.29. The molecule has 2 saturated heterocycles. The van der Waals surface area contributed by atoms with E-state index in [2.05, 4.69) is 35.1 Å². The number of anilines is 2. The van der Waals surface area contributed by atoms with Crippen molar-refractivity contribution in [2.45, 2.75) is 43.9 Å². The predicted octanol–water partition coefficient (Wildman–Crippen LogP) is 2.37. The van der Waals surface area contributed by atoms with Gasteiger partial charge < -0.3 is 20.3 Å². The summed E-state index contributed by atoms with van der Waals surface area (Å²) in [7, 11) is 0. The van der Waals surface area contributed by atoms with E-state index in [1.807, 2.05) is 0 Å². The average molecular weight is 468 g/mol. The monoisotopic (exact) mass is 467 g/mol. The maximum atomic E-state index is 13.5. The van der Waals surface area contributed by atoms with Gasteiger partial charge in [0.05, 0.1) is 18.0 Å². The van der Waals surface area contributed by atoms with E-state index in [-0.39, 0.29) is 12.1 Å². The van der Waals surface area contributed by atoms with Crippen molar-refractivity contribution in [1.29, 1.82) is 0 Å². The molecule has 0 amide bonds. The fraction of sp³-hybridized carbons (Fsp3) is 0.458. The minimum atomic E-state index is -0.806. The molecular formula is C24H27F2N7O. The molecule has 0 bridgehead atoms. The van der Waals surface area contributed by atoms with E-state index in [4.69, 9.17) is 0 Å². The Labute approximate surface area is 196 Å². The number of halogens is 2. The van der Waals surface area contributed by atoms with Gasteiger partial charge in [-0.25, -0.2) is 23.7 Å². The molecule has 0 atom stereocenters. The van der Waals surface area contributed by atoms with Crippen LogP contribution in [0.25, 0.3) is 11.3 Å². The van der Waals surface area contributed by atoms with Crippen LogP contribution in [0.1, 0.15) is 24.0 Å². The second kappa shape index (κ2) is 8.59. The topological polar surface area (TPSA) is 93.2 Å². The van der Waals surface area contributed by atoms with Crippen molar-refractivity contribution in [3.8, 4) is 11.3 Å². The third-order valence-electron chi connectivity index (χ3n) is 7.20. The molecule has 2 aliphatic heterocycles. The number of aliphatic hydroxyl groups excluding tert-OH is 1. The lowest BCUT2D eigenvalue weighted by molar-refractivity contribution is -0.0301. The van der Waals surface area contributed by atoms with Gasteiger partial charge in [0.2, 0.25) is 11.9 Å². The van der Waals surface area contributed by atoms with Crippen molar-refractivity contribution in [3.05, 3.63) is 53.5 Å². The molecular weight excluding hydrogens is 440 g/mol. The number of β-amino-alcohol motifs (C(OH)–C–C–N with tert-alkyl or cyclic N) is 1. The van der Waals surface area contributed by atoms with E-state index >= 15 is 0 Å². The Bertz CT molecular complexity index is 1140. The highest BCUT2D eigenvalue weighted by atomic mass is 19.2. The molecule has 2 fully saturated rings. The van der Waals surface area contributed by atoms with Crippen LogP contribution in [0.3, 0.4) is 0 Å². The highest BCUT2D eigenvalue weighted by Crippen LogP contribution is 2.28. The van der Waals surface area contributed by atoms with Crippen molar-refractivity contribution in [2.75, 3.05) is 36.4 Å². The van der Waals surface area contributed by atoms with Gasteiger partial charge in [-0.3, -0.25) is 4.90 Å². The van der Waals surface area contributed by atoms with E-state index in [9.17, 15) is 13.9 Å². The number of hydrogen-bond acceptors (Lipinski definition) is 7. The number of hydrogen-bond donors (Lipinski definition) is 3. The molecule has 0 unspecified atom stereocenters. The van der Waals surface area contributed by atoms with Crippen LogP contribution in [-0.4, -0.2) is 74.3 Å². The molecule has 3 N–H and O–H groups in total. The first-order chi connectivity index (χ1) is 16.5. The normalized spacial score (nSPS) is 19.9. The van der Waals surface area contributed by atoms with Crippen molar-refractivity contribution in [2.24, 2.45) is 0 Å². The van der Waals surface area contributed by atoms with Crippen LogP contribution in [0.15, 0.2) is 30.7 Å². The van der Waals surface area contributed by atoms with Gasteiger partial charge in [-0.1, -0.05) is 0 Å². The Kier molecular flexibility index (Phi) is 5.41. The summed E-state index contributed by atoms with van der Waals surface area (Å²) in [6.45, 7) is 3.46. The van der Waals surface area contributed by atoms with Crippen LogP contribution < -0.4 is 10.2 Å². The Hall–Kier alpha value is -3.11. The van der Waals surface area contributed by atoms with Gasteiger partial charge in [0.25, 0.3) is 0 Å². The number of aromatic nitrogens is 4. The number of rotatable bonds is 5. The van der Waals surface area contributed by atoms with E-state index in [0.29, 0.717) is 24.8 Å². The number of H-pyrrole nitrogens is 1. The number of piperidine rings is 1. The number of benzene rings is 1. The molecule has 8 nitrogen and oxygen atoms in total. The minimum absolute atomic E-state index is 0.00302. The van der Waals surface area contributed by atoms with Gasteiger partial charge in [-0.2, -0.15) is 0 Å². The van der Waals surface area contributed by atoms with Gasteiger partial charge in [0.1, 0.15) is 0 Å². The molecule has 6 rings (SSSR count). The van der Waals surface area contributed by atoms with E-state index in [1.54, 1.807) is 18.6 Å². The Morgan fingerprint density at radius 2 is 1.59 bits per heavy atom. The van der Waals surface area contributed by atoms with Crippen LogP contribution >= 0.6 is 0 Å². The molecule has 4 heterocycles. The average Bonchev–Trinajstić information content (AvgIpc) is 3.45. The van der Waals surface area contributed by atoms with Gasteiger partial charge in [-0.05, 0) is 48.9 Å². The third-order valence-corrected chi connectivity index (χ3v) is 7.20. The zero-order chi connectivity index (χ0) is 23.2. The van der Waals surface area contributed by atoms with Gasteiger partial charge in [0, 0.05) is 56.2 Å². The first-order valence-electron chi connectivity index (χ1n) is 11.8. The number of nitrogens with zero attached hydrogens (tertiary/aromatic N) is 5. The number of likely N-dealkylation sites (tertiary alicyclic amines) is 1. The lowest BCUT2D eigenvalue weighted by atomic mass is 9.99. The first kappa shape index (κ1) is 21.4. The van der Waals surface area contributed by atoms with E-state index in [1.165, 1.54) is 12.1 Å². The molecule has 0 spiro atoms. The summed E-state index contributed by atoms with van der Waals surface area (Å²) < 4.78 is 27.0. The maximum Gasteiger partial charge on any atom is 0.222 e. The number of aliphatic hydroxyl groups is 1. The Morgan fingerprint density at radius 1 is 0.941 bits per heavy atom. The molecule has 178 valence electrons. The van der Waals surface area contributed by atoms with Crippen molar-refractivity contribution in [3.63, 3.8) is 0 Å². The smallest absolute Gasteiger partial charge is 0.222 e. The van der Waals surface area contributed by atoms with E-state index < -0.39 is 11.6 Å². The van der Waals surface area contributed by atoms with Crippen LogP contribution in [0.2, 0.25) is 0 Å². The molecule has 2 aromatic heterocycles. The predicted molar refractivity (Wildman–Crippen MR) is 124 cm³/mol. The minimum Gasteiger partial charge on any atom is -0.390 e. The lowest BCUT2D eigenvalue weighted by Crippen LogP contribution is -2.57. The molecule has 0 saturated carbocycles. The molecule has 3 aliphatic rings. The lowest BCUT2D eigenvalue weighted by Gasteiger charge is -2.45. The van der Waals surface area contributed by atoms with Gasteiger partial charge in [-0.15, -0.1) is 0 Å². The van der Waals surface area contributed by atoms with Crippen LogP contribution in [0, 0.1) is 11.6 Å². The summed E-state index contributed by atoms with van der Waals surface area (Å²) in [5.74, 6) is -0.276. The molecule has 1 aromatic carbocycles. The number of nitrogens with one attached hydrogen (secondary N) is 2. The van der Waals surface area contributed by atoms with Crippen LogP contribution in [-0.2, 0) is 12.8 Å². The maximum absolute atomic E-state index is 13.5. The SMILES string of the molecule is OC1CN(C2CCN(c3ncc(-c4cnc(NC5Cc6cc(F)c(F)cc6C5)nc4)[nH]3)CC2)C1.